The molecule has 0 amide bonds. The molecule has 0 saturated heterocycles. The lowest BCUT2D eigenvalue weighted by Crippen LogP contribution is -2.35. The molecule has 28 heavy (non-hydrogen) atoms. The zero-order valence-electron chi connectivity index (χ0n) is 17.1. The van der Waals surface area contributed by atoms with E-state index in [2.05, 4.69) is 5.32 Å². The minimum Gasteiger partial charge on any atom is -0.507 e. The summed E-state index contributed by atoms with van der Waals surface area (Å²) in [7, 11) is 0. The van der Waals surface area contributed by atoms with Crippen LogP contribution in [0.1, 0.15) is 58.2 Å². The molecule has 2 nitrogen and oxygen atoms in total. The standard InChI is InChI=1S/C22H27F4NO/c1-20(2,3)15-9-14(12-27-21(4,5)6)19(28)16(11-15)13-7-8-18(23)17(10-13)22(24,25)26/h7-11,27-28H,12H2,1-6H3. The first-order valence-electron chi connectivity index (χ1n) is 9.08. The SMILES string of the molecule is CC(C)(C)NCc1cc(C(C)(C)C)cc(-c2ccc(F)c(C(F)(F)F)c2)c1O. The number of phenols is 1. The van der Waals surface area contributed by atoms with Gasteiger partial charge in [-0.2, -0.15) is 13.2 Å². The van der Waals surface area contributed by atoms with Crippen molar-refractivity contribution in [3.63, 3.8) is 0 Å². The summed E-state index contributed by atoms with van der Waals surface area (Å²) < 4.78 is 53.1. The third kappa shape index (κ3) is 5.25. The van der Waals surface area contributed by atoms with Gasteiger partial charge in [0.2, 0.25) is 0 Å². The molecule has 0 unspecified atom stereocenters. The van der Waals surface area contributed by atoms with Gasteiger partial charge < -0.3 is 10.4 Å². The molecule has 2 aromatic carbocycles. The van der Waals surface area contributed by atoms with Crippen LogP contribution in [0.15, 0.2) is 30.3 Å². The summed E-state index contributed by atoms with van der Waals surface area (Å²) in [5.41, 5.74) is -0.0211. The number of aromatic hydroxyl groups is 1. The van der Waals surface area contributed by atoms with Gasteiger partial charge in [-0.3, -0.25) is 0 Å². The Hall–Kier alpha value is -2.08. The summed E-state index contributed by atoms with van der Waals surface area (Å²) in [6.07, 6.45) is -4.81. The molecule has 0 atom stereocenters. The summed E-state index contributed by atoms with van der Waals surface area (Å²) in [6, 6.07) is 6.31. The smallest absolute Gasteiger partial charge is 0.419 e. The van der Waals surface area contributed by atoms with Crippen LogP contribution in [0, 0.1) is 5.82 Å². The minimum atomic E-state index is -4.81. The first kappa shape index (κ1) is 22.2. The molecule has 0 saturated carbocycles. The third-order valence-electron chi connectivity index (χ3n) is 4.45. The first-order valence-corrected chi connectivity index (χ1v) is 9.08. The Morgan fingerprint density at radius 2 is 1.54 bits per heavy atom. The Labute approximate surface area is 163 Å². The third-order valence-corrected chi connectivity index (χ3v) is 4.45. The number of benzene rings is 2. The average molecular weight is 397 g/mol. The van der Waals surface area contributed by atoms with Gasteiger partial charge in [0.05, 0.1) is 5.56 Å². The highest BCUT2D eigenvalue weighted by molar-refractivity contribution is 5.74. The molecule has 2 aromatic rings. The van der Waals surface area contributed by atoms with E-state index in [1.807, 2.05) is 47.6 Å². The fourth-order valence-electron chi connectivity index (χ4n) is 2.75. The van der Waals surface area contributed by atoms with E-state index in [1.54, 1.807) is 6.07 Å². The van der Waals surface area contributed by atoms with Crippen LogP contribution in [0.5, 0.6) is 5.75 Å². The number of halogens is 4. The van der Waals surface area contributed by atoms with Crippen LogP contribution in [-0.2, 0) is 18.1 Å². The fourth-order valence-corrected chi connectivity index (χ4v) is 2.75. The van der Waals surface area contributed by atoms with Crippen LogP contribution >= 0.6 is 0 Å². The summed E-state index contributed by atoms with van der Waals surface area (Å²) in [4.78, 5) is 0. The number of alkyl halides is 3. The van der Waals surface area contributed by atoms with Crippen molar-refractivity contribution in [2.24, 2.45) is 0 Å². The van der Waals surface area contributed by atoms with Gasteiger partial charge in [-0.05, 0) is 55.5 Å². The molecule has 0 aliphatic carbocycles. The first-order chi connectivity index (χ1) is 12.6. The summed E-state index contributed by atoms with van der Waals surface area (Å²) in [6.45, 7) is 12.2. The lowest BCUT2D eigenvalue weighted by atomic mass is 9.83. The Bertz CT molecular complexity index is 859. The molecule has 0 bridgehead atoms. The molecule has 0 spiro atoms. The van der Waals surface area contributed by atoms with Gasteiger partial charge in [-0.25, -0.2) is 4.39 Å². The van der Waals surface area contributed by atoms with E-state index in [4.69, 9.17) is 0 Å². The molecule has 0 heterocycles. The minimum absolute atomic E-state index is 0.107. The highest BCUT2D eigenvalue weighted by atomic mass is 19.4. The van der Waals surface area contributed by atoms with Crippen molar-refractivity contribution in [2.45, 2.75) is 65.2 Å². The maximum atomic E-state index is 13.7. The number of hydrogen-bond acceptors (Lipinski definition) is 2. The van der Waals surface area contributed by atoms with Crippen LogP contribution in [0.4, 0.5) is 17.6 Å². The maximum Gasteiger partial charge on any atom is 0.419 e. The molecule has 2 N–H and O–H groups in total. The second-order valence-corrected chi connectivity index (χ2v) is 9.08. The lowest BCUT2D eigenvalue weighted by molar-refractivity contribution is -0.139. The molecular weight excluding hydrogens is 370 g/mol. The second kappa shape index (κ2) is 7.39. The van der Waals surface area contributed by atoms with Crippen molar-refractivity contribution >= 4 is 0 Å². The molecular formula is C22H27F4NO. The summed E-state index contributed by atoms with van der Waals surface area (Å²) in [5, 5.41) is 14.1. The van der Waals surface area contributed by atoms with Crippen LogP contribution in [0.3, 0.4) is 0 Å². The number of hydrogen-bond donors (Lipinski definition) is 2. The molecule has 2 rings (SSSR count). The Morgan fingerprint density at radius 1 is 0.929 bits per heavy atom. The maximum absolute atomic E-state index is 13.7. The Kier molecular flexibility index (Phi) is 5.86. The van der Waals surface area contributed by atoms with E-state index < -0.39 is 17.6 Å². The van der Waals surface area contributed by atoms with Crippen molar-refractivity contribution in [3.8, 4) is 16.9 Å². The quantitative estimate of drug-likeness (QED) is 0.587. The zero-order valence-corrected chi connectivity index (χ0v) is 17.1. The predicted octanol–water partition coefficient (Wildman–Crippen LogP) is 6.40. The van der Waals surface area contributed by atoms with Crippen molar-refractivity contribution in [1.82, 2.24) is 5.32 Å². The molecule has 0 aromatic heterocycles. The molecule has 0 fully saturated rings. The van der Waals surface area contributed by atoms with E-state index >= 15 is 0 Å². The average Bonchev–Trinajstić information content (AvgIpc) is 2.51. The molecule has 0 aliphatic rings. The number of phenolic OH excluding ortho intramolecular Hbond substituents is 1. The van der Waals surface area contributed by atoms with Crippen LogP contribution in [0.25, 0.3) is 11.1 Å². The van der Waals surface area contributed by atoms with Crippen molar-refractivity contribution in [1.29, 1.82) is 0 Å². The molecule has 6 heteroatoms. The number of nitrogens with one attached hydrogen (secondary N) is 1. The van der Waals surface area contributed by atoms with Gasteiger partial charge in [-0.15, -0.1) is 0 Å². The van der Waals surface area contributed by atoms with E-state index in [0.29, 0.717) is 12.1 Å². The van der Waals surface area contributed by atoms with Gasteiger partial charge in [0, 0.05) is 23.2 Å². The number of rotatable bonds is 3. The van der Waals surface area contributed by atoms with Crippen LogP contribution < -0.4 is 5.32 Å². The topological polar surface area (TPSA) is 32.3 Å². The molecule has 0 aliphatic heterocycles. The van der Waals surface area contributed by atoms with Gasteiger partial charge in [0.1, 0.15) is 11.6 Å². The lowest BCUT2D eigenvalue weighted by Gasteiger charge is -2.25. The van der Waals surface area contributed by atoms with E-state index in [0.717, 1.165) is 17.7 Å². The van der Waals surface area contributed by atoms with Crippen molar-refractivity contribution in [3.05, 3.63) is 52.8 Å². The second-order valence-electron chi connectivity index (χ2n) is 9.08. The Morgan fingerprint density at radius 3 is 2.04 bits per heavy atom. The van der Waals surface area contributed by atoms with E-state index in [9.17, 15) is 22.7 Å². The van der Waals surface area contributed by atoms with E-state index in [1.165, 1.54) is 6.07 Å². The summed E-state index contributed by atoms with van der Waals surface area (Å²) in [5.74, 6) is -1.44. The van der Waals surface area contributed by atoms with Crippen molar-refractivity contribution in [2.75, 3.05) is 0 Å². The van der Waals surface area contributed by atoms with Gasteiger partial charge >= 0.3 is 6.18 Å². The molecule has 0 radical (unpaired) electrons. The van der Waals surface area contributed by atoms with E-state index in [-0.39, 0.29) is 27.8 Å². The van der Waals surface area contributed by atoms with Gasteiger partial charge in [0.15, 0.2) is 0 Å². The highest BCUT2D eigenvalue weighted by Crippen LogP contribution is 2.40. The van der Waals surface area contributed by atoms with Crippen molar-refractivity contribution < 1.29 is 22.7 Å². The molecule has 154 valence electrons. The van der Waals surface area contributed by atoms with Gasteiger partial charge in [-0.1, -0.05) is 32.9 Å². The normalized spacial score (nSPS) is 13.1. The fraction of sp³-hybridized carbons (Fsp3) is 0.455. The van der Waals surface area contributed by atoms with Crippen LogP contribution in [0.2, 0.25) is 0 Å². The van der Waals surface area contributed by atoms with Gasteiger partial charge in [0.25, 0.3) is 0 Å². The Balaban J connectivity index is 2.66. The largest absolute Gasteiger partial charge is 0.507 e. The highest BCUT2D eigenvalue weighted by Gasteiger charge is 2.34. The zero-order chi connectivity index (χ0) is 21.5. The monoisotopic (exact) mass is 397 g/mol. The van der Waals surface area contributed by atoms with Crippen LogP contribution in [-0.4, -0.2) is 10.6 Å². The predicted molar refractivity (Wildman–Crippen MR) is 104 cm³/mol. The summed E-state index contributed by atoms with van der Waals surface area (Å²) >= 11 is 0.